The van der Waals surface area contributed by atoms with Crippen molar-refractivity contribution in [1.29, 1.82) is 0 Å². The van der Waals surface area contributed by atoms with Gasteiger partial charge in [0.05, 0.1) is 6.54 Å². The number of amides is 1. The molecule has 1 rings (SSSR count). The highest BCUT2D eigenvalue weighted by atomic mass is 16.4. The van der Waals surface area contributed by atoms with Gasteiger partial charge in [0, 0.05) is 6.04 Å². The van der Waals surface area contributed by atoms with Gasteiger partial charge < -0.3 is 10.4 Å². The number of carbonyl (C=O) groups is 2. The lowest BCUT2D eigenvalue weighted by Crippen LogP contribution is -2.53. The van der Waals surface area contributed by atoms with Gasteiger partial charge in [-0.25, -0.2) is 0 Å². The molecule has 1 saturated carbocycles. The Bertz CT molecular complexity index is 338. The summed E-state index contributed by atoms with van der Waals surface area (Å²) < 4.78 is 0. The van der Waals surface area contributed by atoms with Crippen LogP contribution in [0.4, 0.5) is 0 Å². The Balaban J connectivity index is 2.36. The first-order valence-electron chi connectivity index (χ1n) is 7.65. The highest BCUT2D eigenvalue weighted by molar-refractivity contribution is 5.82. The highest BCUT2D eigenvalue weighted by Crippen LogP contribution is 2.23. The molecule has 0 aromatic rings. The van der Waals surface area contributed by atoms with Crippen molar-refractivity contribution in [2.75, 3.05) is 6.54 Å². The molecule has 0 saturated heterocycles. The summed E-state index contributed by atoms with van der Waals surface area (Å²) in [5.74, 6) is -0.257. The predicted octanol–water partition coefficient (Wildman–Crippen LogP) is 1.91. The van der Waals surface area contributed by atoms with Crippen LogP contribution >= 0.6 is 0 Å². The van der Waals surface area contributed by atoms with Crippen LogP contribution in [0.15, 0.2) is 0 Å². The zero-order chi connectivity index (χ0) is 15.2. The van der Waals surface area contributed by atoms with E-state index in [-0.39, 0.29) is 18.5 Å². The molecule has 3 N–H and O–H groups in total. The molecule has 0 aromatic carbocycles. The molecule has 20 heavy (non-hydrogen) atoms. The molecule has 0 aliphatic heterocycles. The third-order valence-electron chi connectivity index (χ3n) is 4.24. The van der Waals surface area contributed by atoms with E-state index in [1.165, 1.54) is 0 Å². The van der Waals surface area contributed by atoms with Crippen LogP contribution in [0, 0.1) is 5.92 Å². The van der Waals surface area contributed by atoms with E-state index in [9.17, 15) is 14.7 Å². The summed E-state index contributed by atoms with van der Waals surface area (Å²) in [6.07, 6.45) is 5.63. The Morgan fingerprint density at radius 1 is 1.25 bits per heavy atom. The highest BCUT2D eigenvalue weighted by Gasteiger charge is 2.32. The number of nitrogens with one attached hydrogen (secondary N) is 2. The van der Waals surface area contributed by atoms with Crippen LogP contribution in [0.25, 0.3) is 0 Å². The van der Waals surface area contributed by atoms with Gasteiger partial charge in [0.1, 0.15) is 5.54 Å². The second kappa shape index (κ2) is 7.62. The fraction of sp³-hybridized carbons (Fsp3) is 0.867. The normalized spacial score (nSPS) is 25.8. The standard InChI is InChI=1S/C15H28N2O3/c1-4-9-15(3,14(19)20)16-10-13(18)17-12-7-5-11(2)6-8-12/h11-12,16H,4-10H2,1-3H3,(H,17,18)(H,19,20). The van der Waals surface area contributed by atoms with Crippen LogP contribution in [0.2, 0.25) is 0 Å². The minimum Gasteiger partial charge on any atom is -0.480 e. The molecule has 1 aliphatic carbocycles. The summed E-state index contributed by atoms with van der Waals surface area (Å²) in [5, 5.41) is 15.1. The lowest BCUT2D eigenvalue weighted by atomic mass is 9.87. The molecule has 1 aliphatic rings. The molecular formula is C15H28N2O3. The number of hydrogen-bond donors (Lipinski definition) is 3. The van der Waals surface area contributed by atoms with Crippen LogP contribution in [0.3, 0.4) is 0 Å². The van der Waals surface area contributed by atoms with Crippen molar-refractivity contribution in [3.63, 3.8) is 0 Å². The molecule has 5 nitrogen and oxygen atoms in total. The van der Waals surface area contributed by atoms with Crippen molar-refractivity contribution in [1.82, 2.24) is 10.6 Å². The van der Waals surface area contributed by atoms with Gasteiger partial charge in [-0.2, -0.15) is 0 Å². The van der Waals surface area contributed by atoms with Crippen molar-refractivity contribution >= 4 is 11.9 Å². The first kappa shape index (κ1) is 17.0. The van der Waals surface area contributed by atoms with Crippen LogP contribution in [0.5, 0.6) is 0 Å². The predicted molar refractivity (Wildman–Crippen MR) is 78.5 cm³/mol. The first-order chi connectivity index (χ1) is 9.37. The number of hydrogen-bond acceptors (Lipinski definition) is 3. The average molecular weight is 284 g/mol. The Morgan fingerprint density at radius 2 is 1.85 bits per heavy atom. The molecule has 0 radical (unpaired) electrons. The summed E-state index contributed by atoms with van der Waals surface area (Å²) in [6.45, 7) is 5.87. The maximum Gasteiger partial charge on any atom is 0.323 e. The minimum absolute atomic E-state index is 0.0643. The number of rotatable bonds is 7. The van der Waals surface area contributed by atoms with Gasteiger partial charge in [-0.3, -0.25) is 14.9 Å². The van der Waals surface area contributed by atoms with Crippen molar-refractivity contribution < 1.29 is 14.7 Å². The fourth-order valence-electron chi connectivity index (χ4n) is 2.73. The second-order valence-corrected chi connectivity index (χ2v) is 6.27. The smallest absolute Gasteiger partial charge is 0.323 e. The van der Waals surface area contributed by atoms with Gasteiger partial charge in [0.15, 0.2) is 0 Å². The van der Waals surface area contributed by atoms with E-state index in [0.29, 0.717) is 6.42 Å². The summed E-state index contributed by atoms with van der Waals surface area (Å²) >= 11 is 0. The Kier molecular flexibility index (Phi) is 6.46. The Labute approximate surface area is 121 Å². The molecule has 116 valence electrons. The van der Waals surface area contributed by atoms with E-state index >= 15 is 0 Å². The number of carbonyl (C=O) groups excluding carboxylic acids is 1. The SMILES string of the molecule is CCCC(C)(NCC(=O)NC1CCC(C)CC1)C(=O)O. The van der Waals surface area contributed by atoms with E-state index in [4.69, 9.17) is 0 Å². The maximum atomic E-state index is 11.9. The van der Waals surface area contributed by atoms with Crippen LogP contribution in [0.1, 0.15) is 59.3 Å². The van der Waals surface area contributed by atoms with Crippen molar-refractivity contribution in [3.05, 3.63) is 0 Å². The second-order valence-electron chi connectivity index (χ2n) is 6.27. The molecule has 0 bridgehead atoms. The zero-order valence-corrected chi connectivity index (χ0v) is 12.9. The van der Waals surface area contributed by atoms with E-state index in [1.807, 2.05) is 6.92 Å². The maximum absolute atomic E-state index is 11.9. The van der Waals surface area contributed by atoms with Gasteiger partial charge in [0.2, 0.25) is 5.91 Å². The zero-order valence-electron chi connectivity index (χ0n) is 12.9. The fourth-order valence-corrected chi connectivity index (χ4v) is 2.73. The van der Waals surface area contributed by atoms with E-state index < -0.39 is 11.5 Å². The van der Waals surface area contributed by atoms with Gasteiger partial charge in [-0.05, 0) is 44.9 Å². The van der Waals surface area contributed by atoms with Crippen molar-refractivity contribution in [3.8, 4) is 0 Å². The van der Waals surface area contributed by atoms with Gasteiger partial charge in [-0.1, -0.05) is 20.3 Å². The van der Waals surface area contributed by atoms with Crippen molar-refractivity contribution in [2.45, 2.75) is 70.9 Å². The van der Waals surface area contributed by atoms with Crippen LogP contribution < -0.4 is 10.6 Å². The lowest BCUT2D eigenvalue weighted by Gasteiger charge is -2.29. The van der Waals surface area contributed by atoms with Crippen LogP contribution in [-0.2, 0) is 9.59 Å². The van der Waals surface area contributed by atoms with Gasteiger partial charge in [-0.15, -0.1) is 0 Å². The summed E-state index contributed by atoms with van der Waals surface area (Å²) in [6, 6.07) is 0.253. The van der Waals surface area contributed by atoms with Crippen LogP contribution in [-0.4, -0.2) is 35.1 Å². The number of aliphatic carboxylic acids is 1. The Morgan fingerprint density at radius 3 is 2.35 bits per heavy atom. The van der Waals surface area contributed by atoms with Gasteiger partial charge in [0.25, 0.3) is 0 Å². The largest absolute Gasteiger partial charge is 0.480 e. The topological polar surface area (TPSA) is 78.4 Å². The first-order valence-corrected chi connectivity index (χ1v) is 7.65. The molecule has 1 unspecified atom stereocenters. The number of carboxylic acid groups (broad SMARTS) is 1. The van der Waals surface area contributed by atoms with E-state index in [1.54, 1.807) is 6.92 Å². The molecule has 0 heterocycles. The summed E-state index contributed by atoms with van der Waals surface area (Å²) in [7, 11) is 0. The third kappa shape index (κ3) is 5.12. The van der Waals surface area contributed by atoms with E-state index in [2.05, 4.69) is 17.6 Å². The third-order valence-corrected chi connectivity index (χ3v) is 4.24. The lowest BCUT2D eigenvalue weighted by molar-refractivity contribution is -0.144. The number of carboxylic acids is 1. The summed E-state index contributed by atoms with van der Waals surface area (Å²) in [4.78, 5) is 23.2. The van der Waals surface area contributed by atoms with Gasteiger partial charge >= 0.3 is 5.97 Å². The quantitative estimate of drug-likeness (QED) is 0.667. The molecular weight excluding hydrogens is 256 g/mol. The molecule has 1 amide bonds. The Hall–Kier alpha value is -1.10. The molecule has 0 aromatic heterocycles. The molecule has 0 spiro atoms. The average Bonchev–Trinajstić information content (AvgIpc) is 2.39. The molecule has 5 heteroatoms. The minimum atomic E-state index is -1.02. The van der Waals surface area contributed by atoms with Crippen molar-refractivity contribution in [2.24, 2.45) is 5.92 Å². The van der Waals surface area contributed by atoms with E-state index in [0.717, 1.165) is 38.0 Å². The molecule has 1 atom stereocenters. The molecule has 1 fully saturated rings. The summed E-state index contributed by atoms with van der Waals surface area (Å²) in [5.41, 5.74) is -1.02. The monoisotopic (exact) mass is 284 g/mol.